The smallest absolute Gasteiger partial charge is 0.329 e. The van der Waals surface area contributed by atoms with Gasteiger partial charge in [0.05, 0.1) is 0 Å². The molecule has 1 aliphatic heterocycles. The summed E-state index contributed by atoms with van der Waals surface area (Å²) in [6.45, 7) is 4.64. The van der Waals surface area contributed by atoms with Gasteiger partial charge >= 0.3 is 5.97 Å². The molecule has 104 valence electrons. The van der Waals surface area contributed by atoms with Crippen molar-refractivity contribution in [3.05, 3.63) is 22.7 Å². The van der Waals surface area contributed by atoms with Gasteiger partial charge in [-0.05, 0) is 33.1 Å². The Morgan fingerprint density at radius 1 is 1.53 bits per heavy atom. The maximum Gasteiger partial charge on any atom is 0.329 e. The Morgan fingerprint density at radius 3 is 2.89 bits per heavy atom. The topological polar surface area (TPSA) is 75.4 Å². The number of hydrogen-bond acceptors (Lipinski definition) is 4. The fraction of sp³-hybridized carbons (Fsp3) is 0.615. The summed E-state index contributed by atoms with van der Waals surface area (Å²) in [7, 11) is 0. The number of aromatic nitrogens is 2. The van der Waals surface area contributed by atoms with E-state index in [-0.39, 0.29) is 11.4 Å². The number of aliphatic carboxylic acids is 1. The second-order valence-corrected chi connectivity index (χ2v) is 5.03. The molecule has 1 aliphatic rings. The predicted molar refractivity (Wildman–Crippen MR) is 71.4 cm³/mol. The fourth-order valence-electron chi connectivity index (χ4n) is 2.55. The molecule has 0 aromatic carbocycles. The van der Waals surface area contributed by atoms with Crippen molar-refractivity contribution in [1.82, 2.24) is 9.55 Å². The molecule has 0 radical (unpaired) electrons. The zero-order chi connectivity index (χ0) is 14.0. The van der Waals surface area contributed by atoms with Crippen LogP contribution in [0.25, 0.3) is 0 Å². The number of rotatable bonds is 3. The summed E-state index contributed by atoms with van der Waals surface area (Å²) in [4.78, 5) is 29.6. The lowest BCUT2D eigenvalue weighted by molar-refractivity contribution is -0.143. The number of carboxylic acids is 1. The molecule has 2 rings (SSSR count). The Kier molecular flexibility index (Phi) is 3.59. The number of aryl methyl sites for hydroxylation is 1. The van der Waals surface area contributed by atoms with Gasteiger partial charge in [-0.25, -0.2) is 9.78 Å². The van der Waals surface area contributed by atoms with Crippen molar-refractivity contribution in [3.63, 3.8) is 0 Å². The fourth-order valence-corrected chi connectivity index (χ4v) is 2.55. The van der Waals surface area contributed by atoms with Crippen LogP contribution >= 0.6 is 0 Å². The molecule has 0 amide bonds. The van der Waals surface area contributed by atoms with Crippen molar-refractivity contribution >= 4 is 11.8 Å². The molecule has 1 N–H and O–H groups in total. The van der Waals surface area contributed by atoms with Crippen molar-refractivity contribution in [2.24, 2.45) is 0 Å². The molecule has 1 atom stereocenters. The van der Waals surface area contributed by atoms with E-state index in [1.807, 2.05) is 6.92 Å². The van der Waals surface area contributed by atoms with Gasteiger partial charge in [0.1, 0.15) is 5.54 Å². The van der Waals surface area contributed by atoms with Crippen LogP contribution in [0.5, 0.6) is 0 Å². The molecule has 1 saturated heterocycles. The number of carbonyl (C=O) groups is 1. The van der Waals surface area contributed by atoms with Gasteiger partial charge in [0.15, 0.2) is 5.82 Å². The highest BCUT2D eigenvalue weighted by atomic mass is 16.4. The lowest BCUT2D eigenvalue weighted by Crippen LogP contribution is -2.57. The van der Waals surface area contributed by atoms with E-state index < -0.39 is 11.5 Å². The van der Waals surface area contributed by atoms with Crippen LogP contribution in [0.1, 0.15) is 33.1 Å². The zero-order valence-electron chi connectivity index (χ0n) is 11.3. The van der Waals surface area contributed by atoms with Crippen molar-refractivity contribution in [2.75, 3.05) is 11.4 Å². The lowest BCUT2D eigenvalue weighted by atomic mass is 9.88. The van der Waals surface area contributed by atoms with Crippen LogP contribution in [0.3, 0.4) is 0 Å². The highest BCUT2D eigenvalue weighted by Crippen LogP contribution is 2.30. The summed E-state index contributed by atoms with van der Waals surface area (Å²) < 4.78 is 1.54. The Bertz CT molecular complexity index is 540. The number of hydrogen-bond donors (Lipinski definition) is 1. The van der Waals surface area contributed by atoms with Gasteiger partial charge in [-0.15, -0.1) is 0 Å². The first-order valence-electron chi connectivity index (χ1n) is 6.57. The third kappa shape index (κ3) is 2.22. The first kappa shape index (κ1) is 13.6. The van der Waals surface area contributed by atoms with Crippen molar-refractivity contribution in [1.29, 1.82) is 0 Å². The van der Waals surface area contributed by atoms with E-state index in [0.717, 1.165) is 12.8 Å². The van der Waals surface area contributed by atoms with Crippen LogP contribution in [0.2, 0.25) is 0 Å². The minimum atomic E-state index is -1.04. The molecule has 6 heteroatoms. The molecule has 1 unspecified atom stereocenters. The van der Waals surface area contributed by atoms with Crippen LogP contribution in [-0.4, -0.2) is 32.7 Å². The average molecular weight is 265 g/mol. The summed E-state index contributed by atoms with van der Waals surface area (Å²) in [6, 6.07) is 0. The predicted octanol–water partition coefficient (Wildman–Crippen LogP) is 1.10. The summed E-state index contributed by atoms with van der Waals surface area (Å²) in [5.41, 5.74) is -1.27. The minimum absolute atomic E-state index is 0.223. The standard InChI is InChI=1S/C13H19N3O3/c1-3-15-9-7-14-10(11(15)17)16-8-5-4-6-13(16,2)12(18)19/h7,9H,3-6,8H2,1-2H3,(H,18,19). The van der Waals surface area contributed by atoms with Crippen molar-refractivity contribution in [3.8, 4) is 0 Å². The molecule has 0 bridgehead atoms. The van der Waals surface area contributed by atoms with Gasteiger partial charge in [-0.2, -0.15) is 0 Å². The second kappa shape index (κ2) is 5.03. The highest BCUT2D eigenvalue weighted by Gasteiger charge is 2.43. The maximum absolute atomic E-state index is 12.3. The highest BCUT2D eigenvalue weighted by molar-refractivity contribution is 5.82. The van der Waals surface area contributed by atoms with Crippen LogP contribution in [-0.2, 0) is 11.3 Å². The van der Waals surface area contributed by atoms with Gasteiger partial charge in [-0.3, -0.25) is 4.79 Å². The summed E-state index contributed by atoms with van der Waals surface area (Å²) in [5, 5.41) is 9.47. The lowest BCUT2D eigenvalue weighted by Gasteiger charge is -2.41. The van der Waals surface area contributed by atoms with E-state index in [0.29, 0.717) is 19.5 Å². The van der Waals surface area contributed by atoms with Crippen LogP contribution in [0.4, 0.5) is 5.82 Å². The molecular formula is C13H19N3O3. The maximum atomic E-state index is 12.3. The molecule has 6 nitrogen and oxygen atoms in total. The van der Waals surface area contributed by atoms with Gasteiger partial charge in [0, 0.05) is 25.5 Å². The Hall–Kier alpha value is -1.85. The minimum Gasteiger partial charge on any atom is -0.480 e. The Morgan fingerprint density at radius 2 is 2.26 bits per heavy atom. The van der Waals surface area contributed by atoms with E-state index in [2.05, 4.69) is 4.98 Å². The summed E-state index contributed by atoms with van der Waals surface area (Å²) in [5.74, 6) is -0.658. The number of anilines is 1. The van der Waals surface area contributed by atoms with Gasteiger partial charge in [0.2, 0.25) is 0 Å². The quantitative estimate of drug-likeness (QED) is 0.885. The molecular weight excluding hydrogens is 246 g/mol. The molecule has 0 spiro atoms. The van der Waals surface area contributed by atoms with E-state index in [1.165, 1.54) is 0 Å². The summed E-state index contributed by atoms with van der Waals surface area (Å²) in [6.07, 6.45) is 5.44. The third-order valence-corrected chi connectivity index (χ3v) is 3.84. The molecule has 0 aliphatic carbocycles. The van der Waals surface area contributed by atoms with Crippen LogP contribution in [0.15, 0.2) is 17.2 Å². The van der Waals surface area contributed by atoms with Gasteiger partial charge < -0.3 is 14.6 Å². The number of carboxylic acid groups (broad SMARTS) is 1. The van der Waals surface area contributed by atoms with E-state index in [4.69, 9.17) is 0 Å². The van der Waals surface area contributed by atoms with Crippen molar-refractivity contribution in [2.45, 2.75) is 45.2 Å². The largest absolute Gasteiger partial charge is 0.480 e. The normalized spacial score (nSPS) is 23.4. The Balaban J connectivity index is 2.50. The average Bonchev–Trinajstić information content (AvgIpc) is 2.40. The molecule has 1 aromatic rings. The molecule has 2 heterocycles. The molecule has 1 fully saturated rings. The first-order valence-corrected chi connectivity index (χ1v) is 6.57. The zero-order valence-corrected chi connectivity index (χ0v) is 11.3. The molecule has 19 heavy (non-hydrogen) atoms. The van der Waals surface area contributed by atoms with E-state index >= 15 is 0 Å². The third-order valence-electron chi connectivity index (χ3n) is 3.84. The SMILES string of the molecule is CCn1ccnc(N2CCCCC2(C)C(=O)O)c1=O. The van der Waals surface area contributed by atoms with Crippen LogP contribution in [0, 0.1) is 0 Å². The van der Waals surface area contributed by atoms with Gasteiger partial charge in [-0.1, -0.05) is 0 Å². The Labute approximate surface area is 111 Å². The first-order chi connectivity index (χ1) is 9.00. The van der Waals surface area contributed by atoms with Crippen molar-refractivity contribution < 1.29 is 9.90 Å². The number of piperidine rings is 1. The van der Waals surface area contributed by atoms with Crippen LogP contribution < -0.4 is 10.5 Å². The summed E-state index contributed by atoms with van der Waals surface area (Å²) >= 11 is 0. The van der Waals surface area contributed by atoms with E-state index in [1.54, 1.807) is 28.8 Å². The monoisotopic (exact) mass is 265 g/mol. The second-order valence-electron chi connectivity index (χ2n) is 5.03. The molecule has 0 saturated carbocycles. The van der Waals surface area contributed by atoms with Gasteiger partial charge in [0.25, 0.3) is 5.56 Å². The van der Waals surface area contributed by atoms with E-state index in [9.17, 15) is 14.7 Å². The number of nitrogens with zero attached hydrogens (tertiary/aromatic N) is 3. The molecule has 1 aromatic heterocycles.